The van der Waals surface area contributed by atoms with Gasteiger partial charge >= 0.3 is 224 Å². The van der Waals surface area contributed by atoms with E-state index in [0.29, 0.717) is 0 Å². The summed E-state index contributed by atoms with van der Waals surface area (Å²) < 4.78 is 0. The Morgan fingerprint density at radius 1 is 0.784 bits per heavy atom. The van der Waals surface area contributed by atoms with Crippen molar-refractivity contribution in [3.05, 3.63) is 126 Å². The van der Waals surface area contributed by atoms with E-state index in [4.69, 9.17) is 0 Å². The minimum atomic E-state index is -2.28. The molecule has 37 heavy (non-hydrogen) atoms. The van der Waals surface area contributed by atoms with Crippen LogP contribution in [-0.4, -0.2) is 33.0 Å². The summed E-state index contributed by atoms with van der Waals surface area (Å²) in [7, 11) is 3.85. The van der Waals surface area contributed by atoms with Crippen LogP contribution < -0.4 is 31.9 Å². The number of hydrogen-bond donors (Lipinski definition) is 3. The summed E-state index contributed by atoms with van der Waals surface area (Å²) in [5.41, 5.74) is 3.69. The molecule has 194 valence electrons. The van der Waals surface area contributed by atoms with E-state index in [1.165, 1.54) is 32.8 Å². The van der Waals surface area contributed by atoms with Crippen molar-refractivity contribution in [1.29, 1.82) is 0 Å². The van der Waals surface area contributed by atoms with E-state index in [-0.39, 0.29) is 5.66 Å². The van der Waals surface area contributed by atoms with Crippen LogP contribution >= 0.6 is 7.26 Å². The number of hydrogen-bond acceptors (Lipinski definition) is 3. The monoisotopic (exact) mass is 511 g/mol. The van der Waals surface area contributed by atoms with Crippen LogP contribution in [0.15, 0.2) is 126 Å². The Balaban J connectivity index is 1.77. The van der Waals surface area contributed by atoms with Crippen LogP contribution in [-0.2, 0) is 0 Å². The third kappa shape index (κ3) is 5.65. The Bertz CT molecular complexity index is 1130. The molecule has 4 heteroatoms. The standard InChI is InChI=1S/C33H42N3P/c1-27(22-23-31-32(34-2)21-14-25-33(31,35-3)36-4)24-26-37(28-15-8-5-9-16-28,29-17-10-6-11-18-29)30-19-12-7-13-20-30/h5-13,15-20,22-24,34-37H,14,21,25-26H2,1-4H3. The Kier molecular flexibility index (Phi) is 9.16. The van der Waals surface area contributed by atoms with E-state index in [1.54, 1.807) is 0 Å². The van der Waals surface area contributed by atoms with E-state index >= 15 is 0 Å². The van der Waals surface area contributed by atoms with Gasteiger partial charge in [-0.15, -0.1) is 0 Å². The molecule has 0 fully saturated rings. The SMILES string of the molecule is CNC1=C(C=CC(C)=CC[PH](c2ccccc2)(c2ccccc2)c2ccccc2)C(NC)(NC)CCC1. The first-order valence-electron chi connectivity index (χ1n) is 13.4. The second-order valence-electron chi connectivity index (χ2n) is 9.89. The second kappa shape index (κ2) is 12.5. The fraction of sp³-hybridized carbons (Fsp3) is 0.273. The van der Waals surface area contributed by atoms with Gasteiger partial charge in [0.2, 0.25) is 0 Å². The van der Waals surface area contributed by atoms with E-state index in [2.05, 4.69) is 132 Å². The van der Waals surface area contributed by atoms with Crippen molar-refractivity contribution in [3.63, 3.8) is 0 Å². The summed E-state index contributed by atoms with van der Waals surface area (Å²) in [6.45, 7) is 2.24. The fourth-order valence-electron chi connectivity index (χ4n) is 5.82. The van der Waals surface area contributed by atoms with E-state index < -0.39 is 7.26 Å². The summed E-state index contributed by atoms with van der Waals surface area (Å²) in [6.07, 6.45) is 11.4. The summed E-state index contributed by atoms with van der Waals surface area (Å²) in [4.78, 5) is 0. The Hall–Kier alpha value is -2.97. The van der Waals surface area contributed by atoms with Crippen LogP contribution in [0.4, 0.5) is 0 Å². The average Bonchev–Trinajstić information content (AvgIpc) is 2.97. The maximum absolute atomic E-state index is 3.55. The van der Waals surface area contributed by atoms with Crippen LogP contribution in [0.2, 0.25) is 0 Å². The van der Waals surface area contributed by atoms with Crippen molar-refractivity contribution >= 4 is 23.2 Å². The van der Waals surface area contributed by atoms with Gasteiger partial charge in [0.1, 0.15) is 0 Å². The van der Waals surface area contributed by atoms with Crippen LogP contribution in [0.3, 0.4) is 0 Å². The van der Waals surface area contributed by atoms with Gasteiger partial charge in [-0.3, -0.25) is 0 Å². The molecule has 3 nitrogen and oxygen atoms in total. The van der Waals surface area contributed by atoms with E-state index in [0.717, 1.165) is 25.4 Å². The first kappa shape index (κ1) is 27.1. The van der Waals surface area contributed by atoms with Crippen LogP contribution in [0.1, 0.15) is 26.2 Å². The molecular formula is C33H42N3P. The third-order valence-electron chi connectivity index (χ3n) is 7.96. The molecule has 3 aromatic rings. The number of likely N-dealkylation sites (N-methyl/N-ethyl adjacent to an activating group) is 2. The van der Waals surface area contributed by atoms with E-state index in [1.807, 2.05) is 21.1 Å². The Morgan fingerprint density at radius 2 is 1.27 bits per heavy atom. The van der Waals surface area contributed by atoms with Crippen molar-refractivity contribution in [2.75, 3.05) is 27.3 Å². The number of nitrogens with one attached hydrogen (secondary N) is 3. The molecule has 0 spiro atoms. The summed E-state index contributed by atoms with van der Waals surface area (Å²) in [6, 6.07) is 33.4. The number of allylic oxidation sites excluding steroid dienone is 4. The minimum absolute atomic E-state index is 0.204. The van der Waals surface area contributed by atoms with Gasteiger partial charge in [0.25, 0.3) is 0 Å². The Labute approximate surface area is 224 Å². The molecule has 0 bridgehead atoms. The molecule has 3 aromatic carbocycles. The zero-order chi connectivity index (χ0) is 26.1. The van der Waals surface area contributed by atoms with Crippen LogP contribution in [0.25, 0.3) is 0 Å². The zero-order valence-corrected chi connectivity index (χ0v) is 23.7. The fourth-order valence-corrected chi connectivity index (χ4v) is 10.4. The van der Waals surface area contributed by atoms with Gasteiger partial charge < -0.3 is 0 Å². The van der Waals surface area contributed by atoms with Crippen LogP contribution in [0.5, 0.6) is 0 Å². The van der Waals surface area contributed by atoms with E-state index in [9.17, 15) is 0 Å². The first-order chi connectivity index (χ1) is 18.1. The Morgan fingerprint density at radius 3 is 1.70 bits per heavy atom. The summed E-state index contributed by atoms with van der Waals surface area (Å²) in [5, 5.41) is 14.9. The van der Waals surface area contributed by atoms with Gasteiger partial charge in [0, 0.05) is 0 Å². The second-order valence-corrected chi connectivity index (χ2v) is 13.8. The van der Waals surface area contributed by atoms with Gasteiger partial charge in [-0.2, -0.15) is 0 Å². The molecule has 0 saturated heterocycles. The maximum atomic E-state index is 3.55. The molecule has 1 aliphatic rings. The van der Waals surface area contributed by atoms with Crippen molar-refractivity contribution in [2.24, 2.45) is 0 Å². The third-order valence-corrected chi connectivity index (χ3v) is 12.7. The molecule has 0 heterocycles. The molecule has 0 atom stereocenters. The summed E-state index contributed by atoms with van der Waals surface area (Å²) in [5.74, 6) is 0. The van der Waals surface area contributed by atoms with Crippen LogP contribution in [0, 0.1) is 0 Å². The quantitative estimate of drug-likeness (QED) is 0.204. The molecule has 1 aliphatic carbocycles. The van der Waals surface area contributed by atoms with Gasteiger partial charge in [0.15, 0.2) is 0 Å². The van der Waals surface area contributed by atoms with Gasteiger partial charge in [-0.05, 0) is 0 Å². The molecule has 0 aliphatic heterocycles. The molecule has 0 saturated carbocycles. The number of rotatable bonds is 10. The van der Waals surface area contributed by atoms with Gasteiger partial charge in [-0.25, -0.2) is 0 Å². The van der Waals surface area contributed by atoms with Crippen molar-refractivity contribution in [1.82, 2.24) is 16.0 Å². The normalized spacial score (nSPS) is 16.7. The predicted molar refractivity (Wildman–Crippen MR) is 165 cm³/mol. The zero-order valence-electron chi connectivity index (χ0n) is 22.7. The molecular weight excluding hydrogens is 469 g/mol. The van der Waals surface area contributed by atoms with Crippen molar-refractivity contribution in [3.8, 4) is 0 Å². The molecule has 3 N–H and O–H groups in total. The first-order valence-corrected chi connectivity index (χ1v) is 15.6. The van der Waals surface area contributed by atoms with Crippen molar-refractivity contribution in [2.45, 2.75) is 31.8 Å². The molecule has 0 amide bonds. The van der Waals surface area contributed by atoms with Crippen molar-refractivity contribution < 1.29 is 0 Å². The summed E-state index contributed by atoms with van der Waals surface area (Å²) >= 11 is 0. The van der Waals surface area contributed by atoms with Gasteiger partial charge in [0.05, 0.1) is 0 Å². The predicted octanol–water partition coefficient (Wildman–Crippen LogP) is 5.01. The molecule has 0 unspecified atom stereocenters. The molecule has 0 aromatic heterocycles. The average molecular weight is 512 g/mol. The number of benzene rings is 3. The topological polar surface area (TPSA) is 36.1 Å². The van der Waals surface area contributed by atoms with Gasteiger partial charge in [-0.1, -0.05) is 0 Å². The molecule has 0 radical (unpaired) electrons. The molecule has 4 rings (SSSR count).